The fourth-order valence-electron chi connectivity index (χ4n) is 1.78. The SMILES string of the molecule is COCCN(Cc1ccccc1)S(=O)(=O)N(C)CCC#N. The van der Waals surface area contributed by atoms with Crippen LogP contribution in [0.25, 0.3) is 0 Å². The molecular weight excluding hydrogens is 290 g/mol. The maximum absolute atomic E-state index is 12.5. The summed E-state index contributed by atoms with van der Waals surface area (Å²) in [6.07, 6.45) is 0.166. The van der Waals surface area contributed by atoms with Crippen molar-refractivity contribution < 1.29 is 13.2 Å². The van der Waals surface area contributed by atoms with Crippen LogP contribution in [0.1, 0.15) is 12.0 Å². The Balaban J connectivity index is 2.87. The van der Waals surface area contributed by atoms with Gasteiger partial charge in [-0.25, -0.2) is 0 Å². The van der Waals surface area contributed by atoms with E-state index in [-0.39, 0.29) is 26.1 Å². The van der Waals surface area contributed by atoms with Gasteiger partial charge in [-0.3, -0.25) is 0 Å². The monoisotopic (exact) mass is 311 g/mol. The summed E-state index contributed by atoms with van der Waals surface area (Å²) in [7, 11) is -0.590. The van der Waals surface area contributed by atoms with Crippen molar-refractivity contribution in [2.75, 3.05) is 33.9 Å². The predicted molar refractivity (Wildman–Crippen MR) is 80.5 cm³/mol. The number of hydrogen-bond donors (Lipinski definition) is 0. The van der Waals surface area contributed by atoms with Crippen molar-refractivity contribution in [1.82, 2.24) is 8.61 Å². The van der Waals surface area contributed by atoms with E-state index >= 15 is 0 Å². The molecule has 0 unspecified atom stereocenters. The number of benzene rings is 1. The molecule has 0 radical (unpaired) electrons. The first kappa shape index (κ1) is 17.6. The molecule has 0 spiro atoms. The van der Waals surface area contributed by atoms with Gasteiger partial charge >= 0.3 is 0 Å². The highest BCUT2D eigenvalue weighted by atomic mass is 32.2. The Labute approximate surface area is 126 Å². The summed E-state index contributed by atoms with van der Waals surface area (Å²) < 4.78 is 32.6. The highest BCUT2D eigenvalue weighted by Crippen LogP contribution is 2.12. The molecule has 21 heavy (non-hydrogen) atoms. The summed E-state index contributed by atoms with van der Waals surface area (Å²) >= 11 is 0. The van der Waals surface area contributed by atoms with Crippen LogP contribution in [0.3, 0.4) is 0 Å². The molecule has 0 saturated heterocycles. The molecule has 116 valence electrons. The van der Waals surface area contributed by atoms with Crippen LogP contribution >= 0.6 is 0 Å². The largest absolute Gasteiger partial charge is 0.383 e. The number of nitrogens with zero attached hydrogens (tertiary/aromatic N) is 3. The van der Waals surface area contributed by atoms with E-state index in [0.717, 1.165) is 5.56 Å². The normalized spacial score (nSPS) is 11.8. The van der Waals surface area contributed by atoms with Crippen LogP contribution < -0.4 is 0 Å². The Morgan fingerprint density at radius 2 is 1.90 bits per heavy atom. The summed E-state index contributed by atoms with van der Waals surface area (Å²) in [6, 6.07) is 11.3. The molecule has 7 heteroatoms. The first-order valence-electron chi connectivity index (χ1n) is 6.63. The van der Waals surface area contributed by atoms with Crippen LogP contribution in [-0.4, -0.2) is 50.9 Å². The van der Waals surface area contributed by atoms with E-state index in [1.54, 1.807) is 0 Å². The molecule has 0 atom stereocenters. The van der Waals surface area contributed by atoms with Gasteiger partial charge in [-0.2, -0.15) is 22.3 Å². The van der Waals surface area contributed by atoms with E-state index in [4.69, 9.17) is 10.00 Å². The lowest BCUT2D eigenvalue weighted by atomic mass is 10.2. The number of methoxy groups -OCH3 is 1. The fraction of sp³-hybridized carbons (Fsp3) is 0.500. The van der Waals surface area contributed by atoms with E-state index in [9.17, 15) is 8.42 Å². The van der Waals surface area contributed by atoms with E-state index in [2.05, 4.69) is 0 Å². The first-order chi connectivity index (χ1) is 10.0. The van der Waals surface area contributed by atoms with Gasteiger partial charge < -0.3 is 4.74 Å². The topological polar surface area (TPSA) is 73.6 Å². The lowest BCUT2D eigenvalue weighted by molar-refractivity contribution is 0.174. The number of rotatable bonds is 9. The van der Waals surface area contributed by atoms with E-state index in [0.29, 0.717) is 6.61 Å². The van der Waals surface area contributed by atoms with Crippen molar-refractivity contribution in [3.63, 3.8) is 0 Å². The molecule has 0 aromatic heterocycles. The maximum atomic E-state index is 12.5. The second kappa shape index (κ2) is 8.74. The fourth-order valence-corrected chi connectivity index (χ4v) is 3.11. The minimum absolute atomic E-state index is 0.166. The number of ether oxygens (including phenoxy) is 1. The van der Waals surface area contributed by atoms with Crippen molar-refractivity contribution in [1.29, 1.82) is 5.26 Å². The van der Waals surface area contributed by atoms with Crippen molar-refractivity contribution in [3.05, 3.63) is 35.9 Å². The summed E-state index contributed by atoms with van der Waals surface area (Å²) in [6.45, 7) is 1.04. The van der Waals surface area contributed by atoms with Crippen LogP contribution in [0, 0.1) is 11.3 Å². The Kier molecular flexibility index (Phi) is 7.32. The van der Waals surface area contributed by atoms with Gasteiger partial charge in [0.15, 0.2) is 0 Å². The molecule has 0 aliphatic carbocycles. The summed E-state index contributed by atoms with van der Waals surface area (Å²) in [4.78, 5) is 0. The third kappa shape index (κ3) is 5.44. The molecule has 6 nitrogen and oxygen atoms in total. The van der Waals surface area contributed by atoms with Crippen LogP contribution in [-0.2, 0) is 21.5 Å². The molecule has 0 amide bonds. The summed E-state index contributed by atoms with van der Waals surface area (Å²) in [5.74, 6) is 0. The van der Waals surface area contributed by atoms with Gasteiger partial charge in [0.2, 0.25) is 0 Å². The van der Waals surface area contributed by atoms with Crippen molar-refractivity contribution >= 4 is 10.2 Å². The third-order valence-electron chi connectivity index (χ3n) is 3.01. The predicted octanol–water partition coefficient (Wildman–Crippen LogP) is 1.23. The quantitative estimate of drug-likeness (QED) is 0.687. The van der Waals surface area contributed by atoms with Gasteiger partial charge in [0.1, 0.15) is 0 Å². The highest BCUT2D eigenvalue weighted by Gasteiger charge is 2.26. The smallest absolute Gasteiger partial charge is 0.282 e. The molecule has 0 aliphatic rings. The zero-order valence-corrected chi connectivity index (χ0v) is 13.2. The third-order valence-corrected chi connectivity index (χ3v) is 4.94. The Morgan fingerprint density at radius 1 is 1.24 bits per heavy atom. The first-order valence-corrected chi connectivity index (χ1v) is 8.03. The van der Waals surface area contributed by atoms with Crippen LogP contribution in [0.4, 0.5) is 0 Å². The average Bonchev–Trinajstić information content (AvgIpc) is 2.49. The molecule has 0 bridgehead atoms. The van der Waals surface area contributed by atoms with Gasteiger partial charge in [-0.15, -0.1) is 0 Å². The molecule has 0 saturated carbocycles. The van der Waals surface area contributed by atoms with Gasteiger partial charge in [-0.05, 0) is 5.56 Å². The molecule has 1 rings (SSSR count). The second-order valence-corrected chi connectivity index (χ2v) is 6.58. The average molecular weight is 311 g/mol. The number of nitriles is 1. The molecular formula is C14H21N3O3S. The Bertz CT molecular complexity index is 555. The van der Waals surface area contributed by atoms with Crippen molar-refractivity contribution in [2.45, 2.75) is 13.0 Å². The van der Waals surface area contributed by atoms with Crippen molar-refractivity contribution in [2.24, 2.45) is 0 Å². The molecule has 1 aromatic carbocycles. The summed E-state index contributed by atoms with van der Waals surface area (Å²) in [5.41, 5.74) is 0.908. The standard InChI is InChI=1S/C14H21N3O3S/c1-16(10-6-9-15)21(18,19)17(11-12-20-2)13-14-7-4-3-5-8-14/h3-5,7-8H,6,10-13H2,1-2H3. The van der Waals surface area contributed by atoms with Gasteiger partial charge in [0, 0.05) is 40.2 Å². The molecule has 0 fully saturated rings. The minimum Gasteiger partial charge on any atom is -0.383 e. The zero-order valence-electron chi connectivity index (χ0n) is 12.4. The molecule has 0 aliphatic heterocycles. The lowest BCUT2D eigenvalue weighted by Crippen LogP contribution is -2.43. The van der Waals surface area contributed by atoms with Crippen molar-refractivity contribution in [3.8, 4) is 6.07 Å². The molecule has 0 heterocycles. The van der Waals surface area contributed by atoms with Crippen LogP contribution in [0.5, 0.6) is 0 Å². The van der Waals surface area contributed by atoms with Gasteiger partial charge in [0.25, 0.3) is 10.2 Å². The summed E-state index contributed by atoms with van der Waals surface area (Å²) in [5, 5.41) is 8.59. The van der Waals surface area contributed by atoms with E-state index in [1.807, 2.05) is 36.4 Å². The van der Waals surface area contributed by atoms with Gasteiger partial charge in [-0.1, -0.05) is 30.3 Å². The Hall–Kier alpha value is -1.46. The highest BCUT2D eigenvalue weighted by molar-refractivity contribution is 7.86. The van der Waals surface area contributed by atoms with Crippen LogP contribution in [0.15, 0.2) is 30.3 Å². The minimum atomic E-state index is -3.61. The van der Waals surface area contributed by atoms with Crippen LogP contribution in [0.2, 0.25) is 0 Å². The second-order valence-electron chi connectivity index (χ2n) is 4.55. The van der Waals surface area contributed by atoms with E-state index in [1.165, 1.54) is 22.8 Å². The zero-order chi connectivity index (χ0) is 15.7. The maximum Gasteiger partial charge on any atom is 0.282 e. The molecule has 0 N–H and O–H groups in total. The van der Waals surface area contributed by atoms with Gasteiger partial charge in [0.05, 0.1) is 12.7 Å². The Morgan fingerprint density at radius 3 is 2.48 bits per heavy atom. The lowest BCUT2D eigenvalue weighted by Gasteiger charge is -2.27. The molecule has 1 aromatic rings. The number of hydrogen-bond acceptors (Lipinski definition) is 4. The van der Waals surface area contributed by atoms with E-state index < -0.39 is 10.2 Å².